The minimum absolute atomic E-state index is 0.151. The van der Waals surface area contributed by atoms with Gasteiger partial charge in [-0.2, -0.15) is 0 Å². The monoisotopic (exact) mass is 270 g/mol. The zero-order valence-corrected chi connectivity index (χ0v) is 11.2. The molecule has 1 aromatic rings. The van der Waals surface area contributed by atoms with Gasteiger partial charge in [-0.15, -0.1) is 11.8 Å². The number of Topliss-reactive ketones (excluding diaryl/α,β-unsaturated/α-hetero) is 1. The van der Waals surface area contributed by atoms with Crippen molar-refractivity contribution in [2.45, 2.75) is 12.8 Å². The lowest BCUT2D eigenvalue weighted by Crippen LogP contribution is -2.16. The number of hydrogen-bond acceptors (Lipinski definition) is 3. The van der Waals surface area contributed by atoms with Crippen molar-refractivity contribution in [1.29, 1.82) is 0 Å². The average Bonchev–Trinajstić information content (AvgIpc) is 2.45. The van der Waals surface area contributed by atoms with E-state index < -0.39 is 0 Å². The lowest BCUT2D eigenvalue weighted by Gasteiger charge is -2.21. The Morgan fingerprint density at radius 3 is 2.63 bits per heavy atom. The van der Waals surface area contributed by atoms with E-state index in [0.717, 1.165) is 40.2 Å². The van der Waals surface area contributed by atoms with Gasteiger partial charge in [0.05, 0.1) is 0 Å². The van der Waals surface area contributed by atoms with Crippen molar-refractivity contribution in [2.75, 3.05) is 5.75 Å². The summed E-state index contributed by atoms with van der Waals surface area (Å²) in [6.45, 7) is 0. The molecule has 1 aliphatic carbocycles. The van der Waals surface area contributed by atoms with Crippen LogP contribution in [-0.2, 0) is 4.79 Å². The number of allylic oxidation sites excluding steroid dienone is 3. The molecule has 1 aliphatic heterocycles. The van der Waals surface area contributed by atoms with E-state index in [-0.39, 0.29) is 11.5 Å². The second kappa shape index (κ2) is 5.10. The van der Waals surface area contributed by atoms with Crippen LogP contribution in [0.2, 0.25) is 0 Å². The van der Waals surface area contributed by atoms with E-state index in [1.54, 1.807) is 23.9 Å². The van der Waals surface area contributed by atoms with Gasteiger partial charge in [-0.05, 0) is 36.6 Å². The van der Waals surface area contributed by atoms with Gasteiger partial charge in [-0.25, -0.2) is 0 Å². The molecule has 0 atom stereocenters. The number of thioether (sulfide) groups is 1. The topological polar surface area (TPSA) is 37.3 Å². The van der Waals surface area contributed by atoms with Crippen molar-refractivity contribution >= 4 is 23.6 Å². The second-order valence-corrected chi connectivity index (χ2v) is 5.66. The van der Waals surface area contributed by atoms with E-state index in [4.69, 9.17) is 0 Å². The molecule has 96 valence electrons. The van der Waals surface area contributed by atoms with Gasteiger partial charge in [0.1, 0.15) is 5.75 Å². The fraction of sp³-hybridized carbons (Fsp3) is 0.188. The van der Waals surface area contributed by atoms with Crippen molar-refractivity contribution in [3.8, 4) is 5.75 Å². The van der Waals surface area contributed by atoms with E-state index in [2.05, 4.69) is 12.2 Å². The molecule has 0 radical (unpaired) electrons. The van der Waals surface area contributed by atoms with E-state index in [1.165, 1.54) is 0 Å². The molecule has 0 saturated carbocycles. The van der Waals surface area contributed by atoms with Gasteiger partial charge in [0.15, 0.2) is 5.78 Å². The number of rotatable bonds is 1. The first-order chi connectivity index (χ1) is 9.24. The molecule has 1 N–H and O–H groups in total. The Balaban J connectivity index is 1.90. The zero-order chi connectivity index (χ0) is 13.2. The number of hydrogen-bond donors (Lipinski definition) is 1. The molecule has 0 amide bonds. The summed E-state index contributed by atoms with van der Waals surface area (Å²) < 4.78 is 0. The van der Waals surface area contributed by atoms with Crippen molar-refractivity contribution in [2.24, 2.45) is 0 Å². The molecule has 0 spiro atoms. The van der Waals surface area contributed by atoms with E-state index in [0.29, 0.717) is 0 Å². The van der Waals surface area contributed by atoms with Gasteiger partial charge >= 0.3 is 0 Å². The summed E-state index contributed by atoms with van der Waals surface area (Å²) in [5.41, 5.74) is 2.65. The molecule has 1 heterocycles. The van der Waals surface area contributed by atoms with Crippen LogP contribution in [0.15, 0.2) is 52.5 Å². The highest BCUT2D eigenvalue weighted by molar-refractivity contribution is 8.03. The van der Waals surface area contributed by atoms with Crippen LogP contribution >= 0.6 is 11.8 Å². The molecule has 1 saturated heterocycles. The molecule has 1 aromatic carbocycles. The smallest absolute Gasteiger partial charge is 0.190 e. The van der Waals surface area contributed by atoms with Crippen LogP contribution < -0.4 is 0 Å². The standard InChI is InChI=1S/C16H14O2S/c17-13-7-5-11(6-8-13)9-12-10-19-15-4-2-1-3-14(15)16(12)18/h3-9,17H,1-2,10H2/b12-9+. The first-order valence-corrected chi connectivity index (χ1v) is 7.30. The molecule has 0 unspecified atom stereocenters. The minimum Gasteiger partial charge on any atom is -0.508 e. The van der Waals surface area contributed by atoms with Crippen LogP contribution in [0.1, 0.15) is 18.4 Å². The summed E-state index contributed by atoms with van der Waals surface area (Å²) >= 11 is 1.74. The third-order valence-corrected chi connectivity index (χ3v) is 4.42. The van der Waals surface area contributed by atoms with Gasteiger partial charge < -0.3 is 5.11 Å². The lowest BCUT2D eigenvalue weighted by atomic mass is 9.97. The first kappa shape index (κ1) is 12.3. The highest BCUT2D eigenvalue weighted by Crippen LogP contribution is 2.37. The molecular weight excluding hydrogens is 256 g/mol. The van der Waals surface area contributed by atoms with Crippen molar-refractivity contribution in [1.82, 2.24) is 0 Å². The van der Waals surface area contributed by atoms with Crippen molar-refractivity contribution in [3.05, 3.63) is 58.0 Å². The SMILES string of the molecule is O=C1C2=CCCC=C2SC/C1=C\c1ccc(O)cc1. The maximum atomic E-state index is 12.4. The third-order valence-electron chi connectivity index (χ3n) is 3.26. The van der Waals surface area contributed by atoms with Crippen LogP contribution in [0.4, 0.5) is 0 Å². The Kier molecular flexibility index (Phi) is 3.30. The lowest BCUT2D eigenvalue weighted by molar-refractivity contribution is -0.111. The highest BCUT2D eigenvalue weighted by atomic mass is 32.2. The fourth-order valence-corrected chi connectivity index (χ4v) is 3.36. The Morgan fingerprint density at radius 2 is 1.84 bits per heavy atom. The van der Waals surface area contributed by atoms with Crippen LogP contribution in [0.25, 0.3) is 6.08 Å². The first-order valence-electron chi connectivity index (χ1n) is 6.32. The minimum atomic E-state index is 0.151. The Labute approximate surface area is 116 Å². The number of phenolic OH excluding ortho intramolecular Hbond substituents is 1. The van der Waals surface area contributed by atoms with Gasteiger partial charge in [0, 0.05) is 21.8 Å². The average molecular weight is 270 g/mol. The summed E-state index contributed by atoms with van der Waals surface area (Å²) in [4.78, 5) is 13.5. The van der Waals surface area contributed by atoms with Crippen LogP contribution in [0.3, 0.4) is 0 Å². The Hall–Kier alpha value is -1.74. The normalized spacial score (nSPS) is 20.8. The second-order valence-electron chi connectivity index (χ2n) is 4.64. The maximum absolute atomic E-state index is 12.4. The maximum Gasteiger partial charge on any atom is 0.190 e. The molecule has 2 nitrogen and oxygen atoms in total. The molecular formula is C16H14O2S. The number of fused-ring (bicyclic) bond motifs is 1. The summed E-state index contributed by atoms with van der Waals surface area (Å²) in [7, 11) is 0. The number of carbonyl (C=O) groups excluding carboxylic acids is 1. The quantitative estimate of drug-likeness (QED) is 0.791. The largest absolute Gasteiger partial charge is 0.508 e. The summed E-state index contributed by atoms with van der Waals surface area (Å²) in [6.07, 6.45) is 8.12. The summed E-state index contributed by atoms with van der Waals surface area (Å²) in [5.74, 6) is 1.12. The predicted octanol–water partition coefficient (Wildman–Crippen LogP) is 3.70. The molecule has 1 fully saturated rings. The number of carbonyl (C=O) groups is 1. The van der Waals surface area contributed by atoms with E-state index in [9.17, 15) is 9.90 Å². The molecule has 0 bridgehead atoms. The van der Waals surface area contributed by atoms with Crippen LogP contribution in [0, 0.1) is 0 Å². The number of ketones is 1. The number of benzene rings is 1. The van der Waals surface area contributed by atoms with Gasteiger partial charge in [-0.1, -0.05) is 24.3 Å². The molecule has 2 aliphatic rings. The van der Waals surface area contributed by atoms with Gasteiger partial charge in [-0.3, -0.25) is 4.79 Å². The third kappa shape index (κ3) is 2.51. The van der Waals surface area contributed by atoms with Crippen LogP contribution in [0.5, 0.6) is 5.75 Å². The molecule has 3 heteroatoms. The molecule has 19 heavy (non-hydrogen) atoms. The summed E-state index contributed by atoms with van der Waals surface area (Å²) in [5, 5.41) is 9.26. The Morgan fingerprint density at radius 1 is 1.11 bits per heavy atom. The summed E-state index contributed by atoms with van der Waals surface area (Å²) in [6, 6.07) is 6.91. The van der Waals surface area contributed by atoms with E-state index in [1.807, 2.05) is 18.2 Å². The van der Waals surface area contributed by atoms with E-state index >= 15 is 0 Å². The predicted molar refractivity (Wildman–Crippen MR) is 78.9 cm³/mol. The molecule has 0 aromatic heterocycles. The number of aromatic hydroxyl groups is 1. The fourth-order valence-electron chi connectivity index (χ4n) is 2.27. The number of phenols is 1. The van der Waals surface area contributed by atoms with Gasteiger partial charge in [0.25, 0.3) is 0 Å². The zero-order valence-electron chi connectivity index (χ0n) is 10.4. The van der Waals surface area contributed by atoms with Crippen LogP contribution in [-0.4, -0.2) is 16.6 Å². The van der Waals surface area contributed by atoms with Gasteiger partial charge in [0.2, 0.25) is 0 Å². The van der Waals surface area contributed by atoms with Crippen molar-refractivity contribution in [3.63, 3.8) is 0 Å². The highest BCUT2D eigenvalue weighted by Gasteiger charge is 2.25. The Bertz CT molecular complexity index is 606. The molecule has 3 rings (SSSR count). The van der Waals surface area contributed by atoms with Crippen molar-refractivity contribution < 1.29 is 9.90 Å².